The average Bonchev–Trinajstić information content (AvgIpc) is 2.29. The quantitative estimate of drug-likeness (QED) is 0.701. The maximum atomic E-state index is 11.4. The van der Waals surface area contributed by atoms with Crippen LogP contribution < -0.4 is 16.4 Å². The fraction of sp³-hybridized carbons (Fsp3) is 0.364. The van der Waals surface area contributed by atoms with Gasteiger partial charge in [-0.25, -0.2) is 4.79 Å². The Morgan fingerprint density at radius 2 is 2.12 bits per heavy atom. The molecule has 0 aliphatic rings. The van der Waals surface area contributed by atoms with Crippen molar-refractivity contribution >= 4 is 11.9 Å². The number of aromatic nitrogens is 1. The summed E-state index contributed by atoms with van der Waals surface area (Å²) in [5.74, 6) is -0.451. The highest BCUT2D eigenvalue weighted by Crippen LogP contribution is 2.10. The molecule has 0 aliphatic carbocycles. The SMILES string of the molecule is CC(N[C@@H](C)c1cccnc1)C(=O)NC(N)=O. The molecular formula is C11H16N4O2. The van der Waals surface area contributed by atoms with Crippen LogP contribution in [0, 0.1) is 0 Å². The number of urea groups is 1. The summed E-state index contributed by atoms with van der Waals surface area (Å²) in [6.07, 6.45) is 3.40. The van der Waals surface area contributed by atoms with Crippen LogP contribution in [0.25, 0.3) is 0 Å². The van der Waals surface area contributed by atoms with E-state index in [1.54, 1.807) is 19.3 Å². The first-order valence-corrected chi connectivity index (χ1v) is 5.27. The summed E-state index contributed by atoms with van der Waals surface area (Å²) < 4.78 is 0. The highest BCUT2D eigenvalue weighted by molar-refractivity contribution is 5.96. The fourth-order valence-corrected chi connectivity index (χ4v) is 1.41. The zero-order chi connectivity index (χ0) is 12.8. The minimum absolute atomic E-state index is 0.0441. The van der Waals surface area contributed by atoms with Crippen LogP contribution in [-0.2, 0) is 4.79 Å². The van der Waals surface area contributed by atoms with E-state index >= 15 is 0 Å². The molecule has 1 unspecified atom stereocenters. The summed E-state index contributed by atoms with van der Waals surface area (Å²) in [4.78, 5) is 25.9. The summed E-state index contributed by atoms with van der Waals surface area (Å²) >= 11 is 0. The Kier molecular flexibility index (Phi) is 4.59. The number of imide groups is 1. The molecule has 0 spiro atoms. The van der Waals surface area contributed by atoms with E-state index in [9.17, 15) is 9.59 Å². The Morgan fingerprint density at radius 3 is 2.65 bits per heavy atom. The van der Waals surface area contributed by atoms with E-state index in [0.717, 1.165) is 5.56 Å². The van der Waals surface area contributed by atoms with E-state index in [4.69, 9.17) is 5.73 Å². The van der Waals surface area contributed by atoms with E-state index in [2.05, 4.69) is 10.3 Å². The van der Waals surface area contributed by atoms with E-state index < -0.39 is 18.0 Å². The molecule has 17 heavy (non-hydrogen) atoms. The van der Waals surface area contributed by atoms with Gasteiger partial charge < -0.3 is 5.73 Å². The molecule has 1 aromatic rings. The smallest absolute Gasteiger partial charge is 0.318 e. The molecule has 3 amide bonds. The number of nitrogens with two attached hydrogens (primary N) is 1. The van der Waals surface area contributed by atoms with Gasteiger partial charge in [-0.15, -0.1) is 0 Å². The third kappa shape index (κ3) is 4.20. The van der Waals surface area contributed by atoms with Crippen LogP contribution in [-0.4, -0.2) is 23.0 Å². The first-order chi connectivity index (χ1) is 8.00. The molecule has 1 heterocycles. The van der Waals surface area contributed by atoms with Gasteiger partial charge in [-0.1, -0.05) is 6.07 Å². The van der Waals surface area contributed by atoms with Gasteiger partial charge in [0.05, 0.1) is 6.04 Å². The Bertz CT molecular complexity index is 394. The molecule has 1 rings (SSSR count). The Hall–Kier alpha value is -1.95. The van der Waals surface area contributed by atoms with Crippen LogP contribution in [0.2, 0.25) is 0 Å². The summed E-state index contributed by atoms with van der Waals surface area (Å²) in [5, 5.41) is 5.06. The van der Waals surface area contributed by atoms with Crippen molar-refractivity contribution in [3.8, 4) is 0 Å². The van der Waals surface area contributed by atoms with Gasteiger partial charge in [-0.2, -0.15) is 0 Å². The molecule has 4 N–H and O–H groups in total. The molecule has 0 aliphatic heterocycles. The third-order valence-electron chi connectivity index (χ3n) is 2.32. The Morgan fingerprint density at radius 1 is 1.41 bits per heavy atom. The number of primary amides is 1. The second-order valence-corrected chi connectivity index (χ2v) is 3.75. The fourth-order valence-electron chi connectivity index (χ4n) is 1.41. The minimum atomic E-state index is -0.849. The number of carbonyl (C=O) groups is 2. The molecule has 6 heteroatoms. The number of nitrogens with zero attached hydrogens (tertiary/aromatic N) is 1. The lowest BCUT2D eigenvalue weighted by atomic mass is 10.1. The molecule has 0 fully saturated rings. The van der Waals surface area contributed by atoms with Crippen molar-refractivity contribution in [2.75, 3.05) is 0 Å². The van der Waals surface area contributed by atoms with Crippen molar-refractivity contribution in [1.82, 2.24) is 15.6 Å². The second-order valence-electron chi connectivity index (χ2n) is 3.75. The molecular weight excluding hydrogens is 220 g/mol. The van der Waals surface area contributed by atoms with E-state index in [-0.39, 0.29) is 6.04 Å². The number of hydrogen-bond donors (Lipinski definition) is 3. The van der Waals surface area contributed by atoms with Crippen molar-refractivity contribution in [1.29, 1.82) is 0 Å². The van der Waals surface area contributed by atoms with Crippen molar-refractivity contribution in [3.05, 3.63) is 30.1 Å². The van der Waals surface area contributed by atoms with Crippen molar-refractivity contribution < 1.29 is 9.59 Å². The topological polar surface area (TPSA) is 97.1 Å². The van der Waals surface area contributed by atoms with Gasteiger partial charge in [0.25, 0.3) is 0 Å². The summed E-state index contributed by atoms with van der Waals surface area (Å²) in [6.45, 7) is 3.57. The molecule has 0 aromatic carbocycles. The second kappa shape index (κ2) is 5.95. The number of pyridine rings is 1. The molecule has 1 aromatic heterocycles. The van der Waals surface area contributed by atoms with E-state index in [1.807, 2.05) is 24.4 Å². The van der Waals surface area contributed by atoms with Crippen LogP contribution in [0.1, 0.15) is 25.5 Å². The maximum Gasteiger partial charge on any atom is 0.318 e. The summed E-state index contributed by atoms with van der Waals surface area (Å²) in [5.41, 5.74) is 5.83. The first-order valence-electron chi connectivity index (χ1n) is 5.27. The molecule has 2 atom stereocenters. The van der Waals surface area contributed by atoms with Gasteiger partial charge in [-0.05, 0) is 25.5 Å². The number of rotatable bonds is 4. The van der Waals surface area contributed by atoms with Crippen LogP contribution >= 0.6 is 0 Å². The van der Waals surface area contributed by atoms with Gasteiger partial charge in [0.1, 0.15) is 0 Å². The Labute approximate surface area is 99.6 Å². The minimum Gasteiger partial charge on any atom is -0.351 e. The highest BCUT2D eigenvalue weighted by Gasteiger charge is 2.17. The van der Waals surface area contributed by atoms with Gasteiger partial charge in [0.15, 0.2) is 0 Å². The van der Waals surface area contributed by atoms with Crippen LogP contribution in [0.4, 0.5) is 4.79 Å². The predicted molar refractivity (Wildman–Crippen MR) is 63.0 cm³/mol. The molecule has 6 nitrogen and oxygen atoms in total. The van der Waals surface area contributed by atoms with Gasteiger partial charge in [0.2, 0.25) is 5.91 Å². The lowest BCUT2D eigenvalue weighted by molar-refractivity contribution is -0.121. The van der Waals surface area contributed by atoms with Gasteiger partial charge in [0, 0.05) is 18.4 Å². The molecule has 0 saturated heterocycles. The zero-order valence-electron chi connectivity index (χ0n) is 9.81. The lowest BCUT2D eigenvalue weighted by Gasteiger charge is -2.18. The molecule has 0 saturated carbocycles. The molecule has 0 bridgehead atoms. The highest BCUT2D eigenvalue weighted by atomic mass is 16.2. The number of amides is 3. The first kappa shape index (κ1) is 13.1. The largest absolute Gasteiger partial charge is 0.351 e. The number of nitrogens with one attached hydrogen (secondary N) is 2. The van der Waals surface area contributed by atoms with Crippen molar-refractivity contribution in [2.45, 2.75) is 25.9 Å². The van der Waals surface area contributed by atoms with E-state index in [0.29, 0.717) is 0 Å². The van der Waals surface area contributed by atoms with Crippen molar-refractivity contribution in [2.24, 2.45) is 5.73 Å². The maximum absolute atomic E-state index is 11.4. The van der Waals surface area contributed by atoms with Gasteiger partial charge in [-0.3, -0.25) is 20.4 Å². The number of carbonyl (C=O) groups excluding carboxylic acids is 2. The average molecular weight is 236 g/mol. The van der Waals surface area contributed by atoms with Crippen LogP contribution in [0.3, 0.4) is 0 Å². The Balaban J connectivity index is 2.54. The standard InChI is InChI=1S/C11H16N4O2/c1-7(9-4-3-5-13-6-9)14-8(2)10(16)15-11(12)17/h3-8,14H,1-2H3,(H3,12,15,16,17)/t7-,8?/m0/s1. The van der Waals surface area contributed by atoms with Crippen LogP contribution in [0.15, 0.2) is 24.5 Å². The summed E-state index contributed by atoms with van der Waals surface area (Å²) in [7, 11) is 0. The van der Waals surface area contributed by atoms with Crippen LogP contribution in [0.5, 0.6) is 0 Å². The van der Waals surface area contributed by atoms with Crippen molar-refractivity contribution in [3.63, 3.8) is 0 Å². The number of hydrogen-bond acceptors (Lipinski definition) is 4. The normalized spacial score (nSPS) is 13.8. The van der Waals surface area contributed by atoms with E-state index in [1.165, 1.54) is 0 Å². The molecule has 92 valence electrons. The molecule has 0 radical (unpaired) electrons. The third-order valence-corrected chi connectivity index (χ3v) is 2.32. The monoisotopic (exact) mass is 236 g/mol. The summed E-state index contributed by atoms with van der Waals surface area (Å²) in [6, 6.07) is 2.32. The van der Waals surface area contributed by atoms with Gasteiger partial charge >= 0.3 is 6.03 Å². The lowest BCUT2D eigenvalue weighted by Crippen LogP contribution is -2.47. The predicted octanol–water partition coefficient (Wildman–Crippen LogP) is 0.316. The zero-order valence-corrected chi connectivity index (χ0v) is 9.81.